The number of aliphatic imine (C=N–C) groups is 4. The average molecular weight is 895 g/mol. The first kappa shape index (κ1) is 38.9. The first-order valence-electron chi connectivity index (χ1n) is 21.8. The molecule has 0 N–H and O–H groups in total. The molecule has 2 aliphatic carbocycles. The predicted octanol–water partition coefficient (Wildman–Crippen LogP) is 7.22. The molecule has 0 amide bonds. The Labute approximate surface area is 364 Å². The smallest absolute Gasteiger partial charge is 0.271 e. The van der Waals surface area contributed by atoms with Crippen molar-refractivity contribution in [3.63, 3.8) is 0 Å². The summed E-state index contributed by atoms with van der Waals surface area (Å²) in [6.07, 6.45) is 8.41. The molecule has 4 aliphatic heterocycles. The van der Waals surface area contributed by atoms with Gasteiger partial charge in [0.1, 0.15) is 22.6 Å². The number of amidine groups is 4. The molecule has 2 fully saturated rings. The van der Waals surface area contributed by atoms with E-state index >= 15 is 16.8 Å². The van der Waals surface area contributed by atoms with Crippen LogP contribution in [0.2, 0.25) is 0 Å². The lowest BCUT2D eigenvalue weighted by molar-refractivity contribution is 0.324. The number of fused-ring (bicyclic) bond motifs is 14. The van der Waals surface area contributed by atoms with Crippen molar-refractivity contribution in [3.05, 3.63) is 130 Å². The standard InChI is InChI=1S/C46H42N8O6S2Si/c55-61(56,27-29-15-3-1-4-16-29)59-63(60-62(57,58)28-30-17-5-2-6-18-30)53-43-35-23-11-12-24-36(35)45(53)51-41-33-21-9-10-22-34(33)42(48-41)52-46-38-26-14-13-25-37(38)44(54(46)63)50-40-32-20-8-7-19-31(32)39(47-40)49-43/h7-14,19-26,29-30H,1-6,15-18,27-28H2. The van der Waals surface area contributed by atoms with E-state index in [0.717, 1.165) is 38.5 Å². The molecule has 6 aliphatic rings. The van der Waals surface area contributed by atoms with Crippen LogP contribution in [0.25, 0.3) is 21.5 Å². The van der Waals surface area contributed by atoms with E-state index in [9.17, 15) is 0 Å². The van der Waals surface area contributed by atoms with Gasteiger partial charge in [-0.15, -0.1) is 0 Å². The summed E-state index contributed by atoms with van der Waals surface area (Å²) >= 11 is 0. The highest BCUT2D eigenvalue weighted by atomic mass is 32.2. The zero-order chi connectivity index (χ0) is 42.5. The van der Waals surface area contributed by atoms with Crippen molar-refractivity contribution in [2.75, 3.05) is 11.5 Å². The molecule has 6 heterocycles. The summed E-state index contributed by atoms with van der Waals surface area (Å²) in [6.45, 7) is 0. The van der Waals surface area contributed by atoms with E-state index in [-0.39, 0.29) is 46.0 Å². The second kappa shape index (κ2) is 14.7. The van der Waals surface area contributed by atoms with Crippen LogP contribution in [0.15, 0.2) is 127 Å². The first-order chi connectivity index (χ1) is 30.6. The maximum atomic E-state index is 15.3. The molecule has 0 unspecified atom stereocenters. The summed E-state index contributed by atoms with van der Waals surface area (Å²) in [7, 11) is -14.8. The highest BCUT2D eigenvalue weighted by Gasteiger charge is 2.59. The average Bonchev–Trinajstić information content (AvgIpc) is 4.00. The summed E-state index contributed by atoms with van der Waals surface area (Å²) in [4.78, 5) is 31.3. The van der Waals surface area contributed by atoms with Crippen LogP contribution in [0.5, 0.6) is 0 Å². The van der Waals surface area contributed by atoms with Crippen molar-refractivity contribution >= 4 is 85.6 Å². The van der Waals surface area contributed by atoms with Gasteiger partial charge in [0.25, 0.3) is 20.2 Å². The largest absolute Gasteiger partial charge is 0.632 e. The van der Waals surface area contributed by atoms with Gasteiger partial charge in [0.15, 0.2) is 23.3 Å². The first-order valence-corrected chi connectivity index (χ1v) is 26.6. The molecule has 318 valence electrons. The molecule has 4 aromatic carbocycles. The Kier molecular flexibility index (Phi) is 9.06. The van der Waals surface area contributed by atoms with Gasteiger partial charge in [0, 0.05) is 43.8 Å². The number of hydrogen-bond acceptors (Lipinski definition) is 12. The van der Waals surface area contributed by atoms with Gasteiger partial charge in [0.2, 0.25) is 0 Å². The minimum absolute atomic E-state index is 0.166. The van der Waals surface area contributed by atoms with E-state index < -0.39 is 29.1 Å². The van der Waals surface area contributed by atoms with Gasteiger partial charge in [0.05, 0.1) is 11.5 Å². The summed E-state index contributed by atoms with van der Waals surface area (Å²) in [5.74, 6) is 0.477. The molecule has 0 spiro atoms. The second-order valence-corrected chi connectivity index (χ2v) is 23.5. The normalized spacial score (nSPS) is 19.3. The van der Waals surface area contributed by atoms with Gasteiger partial charge in [-0.1, -0.05) is 136 Å². The molecule has 0 radical (unpaired) electrons. The Morgan fingerprint density at radius 3 is 1.19 bits per heavy atom. The van der Waals surface area contributed by atoms with E-state index in [2.05, 4.69) is 0 Å². The topological polar surface area (TPSA) is 171 Å². The molecule has 0 saturated heterocycles. The molecule has 2 saturated carbocycles. The molecule has 6 aromatic rings. The van der Waals surface area contributed by atoms with Crippen LogP contribution in [0, 0.1) is 11.8 Å². The lowest BCUT2D eigenvalue weighted by Crippen LogP contribution is -2.65. The summed E-state index contributed by atoms with van der Waals surface area (Å²) < 4.78 is 78.1. The summed E-state index contributed by atoms with van der Waals surface area (Å²) in [6, 6.07) is 30.1. The Bertz CT molecular complexity index is 3220. The van der Waals surface area contributed by atoms with Crippen molar-refractivity contribution in [1.82, 2.24) is 8.47 Å². The zero-order valence-corrected chi connectivity index (χ0v) is 36.9. The van der Waals surface area contributed by atoms with Crippen molar-refractivity contribution in [3.8, 4) is 0 Å². The maximum Gasteiger partial charge on any atom is 0.632 e. The minimum atomic E-state index is -5.50. The molecule has 17 heteroatoms. The SMILES string of the molecule is O=S(=O)(CC1CCCCC1)O[Si]1(OS(=O)(=O)CC2CCCCC2)n2c3c4ccccc4c2N=C2N=C(N=c4c5ccccc5c(n41)=NC1=NC(=N3)c3ccccc31)c1ccccc12. The Morgan fingerprint density at radius 2 is 0.794 bits per heavy atom. The Balaban J connectivity index is 1.30. The van der Waals surface area contributed by atoms with Gasteiger partial charge in [-0.25, -0.2) is 54.5 Å². The van der Waals surface area contributed by atoms with E-state index in [1.54, 1.807) is 0 Å². The Morgan fingerprint density at radius 1 is 0.444 bits per heavy atom. The maximum absolute atomic E-state index is 15.3. The third kappa shape index (κ3) is 6.45. The third-order valence-corrected chi connectivity index (χ3v) is 20.6. The van der Waals surface area contributed by atoms with E-state index in [1.165, 1.54) is 8.47 Å². The zero-order valence-electron chi connectivity index (χ0n) is 34.2. The van der Waals surface area contributed by atoms with Crippen LogP contribution in [-0.4, -0.2) is 69.0 Å². The third-order valence-electron chi connectivity index (χ3n) is 13.1. The van der Waals surface area contributed by atoms with Crippen LogP contribution in [-0.2, 0) is 28.0 Å². The van der Waals surface area contributed by atoms with Crippen molar-refractivity contribution in [2.24, 2.45) is 41.8 Å². The molecule has 2 aromatic heterocycles. The minimum Gasteiger partial charge on any atom is -0.271 e. The predicted molar refractivity (Wildman–Crippen MR) is 244 cm³/mol. The van der Waals surface area contributed by atoms with Crippen molar-refractivity contribution in [1.29, 1.82) is 0 Å². The second-order valence-electron chi connectivity index (χ2n) is 17.3. The lowest BCUT2D eigenvalue weighted by Gasteiger charge is -2.33. The fourth-order valence-corrected chi connectivity index (χ4v) is 18.8. The number of rotatable bonds is 8. The van der Waals surface area contributed by atoms with Gasteiger partial charge in [-0.2, -0.15) is 0 Å². The van der Waals surface area contributed by atoms with Gasteiger partial charge in [-0.05, 0) is 37.5 Å². The van der Waals surface area contributed by atoms with E-state index in [4.69, 9.17) is 37.7 Å². The monoisotopic (exact) mass is 894 g/mol. The summed E-state index contributed by atoms with van der Waals surface area (Å²) in [5, 5.41) is 2.20. The quantitative estimate of drug-likeness (QED) is 0.146. The Hall–Kier alpha value is -5.72. The summed E-state index contributed by atoms with van der Waals surface area (Å²) in [5.41, 5.74) is 3.12. The van der Waals surface area contributed by atoms with Crippen LogP contribution in [0.4, 0.5) is 11.6 Å². The molecule has 12 rings (SSSR count). The van der Waals surface area contributed by atoms with Gasteiger partial charge >= 0.3 is 8.88 Å². The molecular formula is C46H42N8O6S2Si. The van der Waals surface area contributed by atoms with E-state index in [1.807, 2.05) is 97.1 Å². The van der Waals surface area contributed by atoms with E-state index in [0.29, 0.717) is 92.8 Å². The molecule has 0 atom stereocenters. The molecule has 6 bridgehead atoms. The fourth-order valence-electron chi connectivity index (χ4n) is 10.3. The van der Waals surface area contributed by atoms with Crippen LogP contribution in [0.1, 0.15) is 86.5 Å². The lowest BCUT2D eigenvalue weighted by atomic mass is 9.91. The number of nitrogens with zero attached hydrogens (tertiary/aromatic N) is 8. The highest BCUT2D eigenvalue weighted by molar-refractivity contribution is 7.89. The number of aromatic nitrogens is 2. The van der Waals surface area contributed by atoms with Crippen molar-refractivity contribution < 1.29 is 24.6 Å². The van der Waals surface area contributed by atoms with Crippen molar-refractivity contribution in [2.45, 2.75) is 64.2 Å². The number of hydrogen-bond donors (Lipinski definition) is 0. The van der Waals surface area contributed by atoms with Gasteiger partial charge < -0.3 is 0 Å². The molecule has 63 heavy (non-hydrogen) atoms. The molecule has 14 nitrogen and oxygen atoms in total. The van der Waals surface area contributed by atoms with Crippen LogP contribution >= 0.6 is 0 Å². The number of benzene rings is 4. The highest BCUT2D eigenvalue weighted by Crippen LogP contribution is 2.45. The van der Waals surface area contributed by atoms with Gasteiger partial charge in [-0.3, -0.25) is 8.47 Å². The fraction of sp³-hybridized carbons (Fsp3) is 0.304. The molecular weight excluding hydrogens is 853 g/mol. The van der Waals surface area contributed by atoms with Crippen LogP contribution < -0.4 is 11.0 Å². The van der Waals surface area contributed by atoms with Crippen LogP contribution in [0.3, 0.4) is 0 Å².